The molecule has 8 heteroatoms. The van der Waals surface area contributed by atoms with Gasteiger partial charge in [0.05, 0.1) is 13.2 Å². The Morgan fingerprint density at radius 2 is 1.96 bits per heavy atom. The maximum absolute atomic E-state index is 12.5. The zero-order valence-corrected chi connectivity index (χ0v) is 17.0. The van der Waals surface area contributed by atoms with Crippen LogP contribution in [0.15, 0.2) is 34.6 Å². The van der Waals surface area contributed by atoms with Crippen molar-refractivity contribution in [1.82, 2.24) is 14.7 Å². The molecule has 3 aromatic rings. The summed E-state index contributed by atoms with van der Waals surface area (Å²) in [6, 6.07) is 5.73. The topological polar surface area (TPSA) is 81.9 Å². The van der Waals surface area contributed by atoms with Gasteiger partial charge in [0.15, 0.2) is 16.5 Å². The highest BCUT2D eigenvalue weighted by Gasteiger charge is 2.15. The quantitative estimate of drug-likeness (QED) is 0.628. The number of amides is 1. The molecule has 0 spiro atoms. The van der Waals surface area contributed by atoms with Crippen molar-refractivity contribution in [1.29, 1.82) is 0 Å². The van der Waals surface area contributed by atoms with Crippen molar-refractivity contribution < 1.29 is 14.3 Å². The largest absolute Gasteiger partial charge is 0.490 e. The highest BCUT2D eigenvalue weighted by Crippen LogP contribution is 2.28. The predicted octanol–water partition coefficient (Wildman–Crippen LogP) is 2.83. The fourth-order valence-electron chi connectivity index (χ4n) is 2.85. The second kappa shape index (κ2) is 8.88. The van der Waals surface area contributed by atoms with Crippen molar-refractivity contribution in [2.75, 3.05) is 19.8 Å². The summed E-state index contributed by atoms with van der Waals surface area (Å²) in [5, 5.41) is 4.64. The first kappa shape index (κ1) is 19.9. The first-order valence-corrected chi connectivity index (χ1v) is 10.1. The van der Waals surface area contributed by atoms with Crippen LogP contribution in [0.5, 0.6) is 11.5 Å². The van der Waals surface area contributed by atoms with Crippen LogP contribution in [-0.4, -0.2) is 35.1 Å². The van der Waals surface area contributed by atoms with Crippen LogP contribution in [0.3, 0.4) is 0 Å². The summed E-state index contributed by atoms with van der Waals surface area (Å²) in [7, 11) is 0. The summed E-state index contributed by atoms with van der Waals surface area (Å²) in [6.07, 6.45) is 1.94. The first-order valence-electron chi connectivity index (χ1n) is 9.17. The van der Waals surface area contributed by atoms with Gasteiger partial charge in [-0.25, -0.2) is 4.98 Å². The molecule has 0 aliphatic heterocycles. The standard InChI is InChI=1S/C20H23N3O4S/c1-4-26-16-7-6-14(10-17(16)27-5-2)8-9-21-18(24)15-11-22-20-23(19(15)25)13(3)12-28-20/h6-7,10-12H,4-5,8-9H2,1-3H3,(H,21,24). The number of nitrogens with one attached hydrogen (secondary N) is 1. The molecule has 0 fully saturated rings. The molecule has 2 aromatic heterocycles. The molecule has 28 heavy (non-hydrogen) atoms. The normalized spacial score (nSPS) is 10.8. The maximum Gasteiger partial charge on any atom is 0.271 e. The summed E-state index contributed by atoms with van der Waals surface area (Å²) >= 11 is 1.37. The van der Waals surface area contributed by atoms with Gasteiger partial charge in [-0.3, -0.25) is 14.0 Å². The molecule has 0 bridgehead atoms. The Morgan fingerprint density at radius 3 is 2.71 bits per heavy atom. The lowest BCUT2D eigenvalue weighted by atomic mass is 10.1. The zero-order valence-electron chi connectivity index (χ0n) is 16.2. The fourth-order valence-corrected chi connectivity index (χ4v) is 3.67. The molecule has 0 saturated carbocycles. The molecule has 0 aliphatic rings. The lowest BCUT2D eigenvalue weighted by molar-refractivity contribution is 0.0952. The molecule has 0 radical (unpaired) electrons. The molecular formula is C20H23N3O4S. The summed E-state index contributed by atoms with van der Waals surface area (Å²) < 4.78 is 12.6. The number of rotatable bonds is 8. The minimum Gasteiger partial charge on any atom is -0.490 e. The van der Waals surface area contributed by atoms with Gasteiger partial charge in [-0.05, 0) is 44.9 Å². The van der Waals surface area contributed by atoms with E-state index in [0.717, 1.165) is 11.3 Å². The van der Waals surface area contributed by atoms with Crippen LogP contribution < -0.4 is 20.3 Å². The number of thiazole rings is 1. The van der Waals surface area contributed by atoms with Crippen LogP contribution in [-0.2, 0) is 6.42 Å². The predicted molar refractivity (Wildman–Crippen MR) is 109 cm³/mol. The molecule has 0 saturated heterocycles. The average Bonchev–Trinajstić information content (AvgIpc) is 3.06. The van der Waals surface area contributed by atoms with Crippen LogP contribution in [0.25, 0.3) is 4.96 Å². The lowest BCUT2D eigenvalue weighted by Gasteiger charge is -2.12. The third-order valence-corrected chi connectivity index (χ3v) is 5.13. The number of benzene rings is 1. The molecule has 3 rings (SSSR count). The molecule has 0 atom stereocenters. The van der Waals surface area contributed by atoms with Crippen molar-refractivity contribution in [3.8, 4) is 11.5 Å². The summed E-state index contributed by atoms with van der Waals surface area (Å²) in [5.41, 5.74) is 1.47. The van der Waals surface area contributed by atoms with Gasteiger partial charge in [0.25, 0.3) is 11.5 Å². The van der Waals surface area contributed by atoms with E-state index in [0.29, 0.717) is 42.6 Å². The highest BCUT2D eigenvalue weighted by molar-refractivity contribution is 7.15. The van der Waals surface area contributed by atoms with E-state index in [1.54, 1.807) is 0 Å². The second-order valence-corrected chi connectivity index (χ2v) is 6.96. The molecule has 0 unspecified atom stereocenters. The Morgan fingerprint density at radius 1 is 1.21 bits per heavy atom. The number of carbonyl (C=O) groups is 1. The molecule has 0 aliphatic carbocycles. The molecule has 148 valence electrons. The molecule has 1 amide bonds. The van der Waals surface area contributed by atoms with Gasteiger partial charge in [-0.15, -0.1) is 11.3 Å². The van der Waals surface area contributed by atoms with Crippen LogP contribution >= 0.6 is 11.3 Å². The van der Waals surface area contributed by atoms with Crippen molar-refractivity contribution in [2.24, 2.45) is 0 Å². The number of aryl methyl sites for hydroxylation is 1. The van der Waals surface area contributed by atoms with Gasteiger partial charge in [0.1, 0.15) is 5.56 Å². The number of carbonyl (C=O) groups excluding carboxylic acids is 1. The number of fused-ring (bicyclic) bond motifs is 1. The number of hydrogen-bond acceptors (Lipinski definition) is 6. The Balaban J connectivity index is 1.67. The van der Waals surface area contributed by atoms with Gasteiger partial charge in [-0.1, -0.05) is 6.07 Å². The van der Waals surface area contributed by atoms with E-state index in [1.807, 2.05) is 44.4 Å². The SMILES string of the molecule is CCOc1ccc(CCNC(=O)c2cnc3scc(C)n3c2=O)cc1OCC. The van der Waals surface area contributed by atoms with E-state index >= 15 is 0 Å². The van der Waals surface area contributed by atoms with E-state index in [-0.39, 0.29) is 11.1 Å². The third kappa shape index (κ3) is 4.17. The maximum atomic E-state index is 12.5. The monoisotopic (exact) mass is 401 g/mol. The van der Waals surface area contributed by atoms with E-state index in [1.165, 1.54) is 21.9 Å². The summed E-state index contributed by atoms with van der Waals surface area (Å²) in [5.74, 6) is 0.971. The van der Waals surface area contributed by atoms with Crippen molar-refractivity contribution in [3.05, 3.63) is 57.0 Å². The molecular weight excluding hydrogens is 378 g/mol. The van der Waals surface area contributed by atoms with Crippen LogP contribution in [0.1, 0.15) is 35.5 Å². The van der Waals surface area contributed by atoms with Gasteiger partial charge in [0, 0.05) is 23.8 Å². The minimum atomic E-state index is -0.423. The highest BCUT2D eigenvalue weighted by atomic mass is 32.1. The minimum absolute atomic E-state index is 0.0423. The molecule has 1 aromatic carbocycles. The Labute approximate surface area is 166 Å². The second-order valence-electron chi connectivity index (χ2n) is 6.13. The van der Waals surface area contributed by atoms with Crippen LogP contribution in [0.4, 0.5) is 0 Å². The van der Waals surface area contributed by atoms with Crippen LogP contribution in [0.2, 0.25) is 0 Å². The number of ether oxygens (including phenoxy) is 2. The molecule has 1 N–H and O–H groups in total. The van der Waals surface area contributed by atoms with Crippen LogP contribution in [0, 0.1) is 6.92 Å². The number of nitrogens with zero attached hydrogens (tertiary/aromatic N) is 2. The molecule has 7 nitrogen and oxygen atoms in total. The summed E-state index contributed by atoms with van der Waals surface area (Å²) in [4.78, 5) is 29.8. The van der Waals surface area contributed by atoms with Crippen molar-refractivity contribution in [3.63, 3.8) is 0 Å². The smallest absolute Gasteiger partial charge is 0.271 e. The van der Waals surface area contributed by atoms with E-state index in [2.05, 4.69) is 10.3 Å². The van der Waals surface area contributed by atoms with Gasteiger partial charge < -0.3 is 14.8 Å². The Hall–Kier alpha value is -2.87. The number of hydrogen-bond donors (Lipinski definition) is 1. The van der Waals surface area contributed by atoms with Crippen molar-refractivity contribution in [2.45, 2.75) is 27.2 Å². The van der Waals surface area contributed by atoms with E-state index in [9.17, 15) is 9.59 Å². The average molecular weight is 401 g/mol. The van der Waals surface area contributed by atoms with Gasteiger partial charge in [-0.2, -0.15) is 0 Å². The van der Waals surface area contributed by atoms with Gasteiger partial charge in [0.2, 0.25) is 0 Å². The Bertz CT molecular complexity index is 1040. The Kier molecular flexibility index (Phi) is 6.30. The fraction of sp³-hybridized carbons (Fsp3) is 0.350. The van der Waals surface area contributed by atoms with E-state index < -0.39 is 5.91 Å². The zero-order chi connectivity index (χ0) is 20.1. The third-order valence-electron chi connectivity index (χ3n) is 4.17. The first-order chi connectivity index (χ1) is 13.5. The van der Waals surface area contributed by atoms with Crippen molar-refractivity contribution >= 4 is 22.2 Å². The van der Waals surface area contributed by atoms with E-state index in [4.69, 9.17) is 9.47 Å². The lowest BCUT2D eigenvalue weighted by Crippen LogP contribution is -2.32. The summed E-state index contributed by atoms with van der Waals surface area (Å²) in [6.45, 7) is 7.15. The van der Waals surface area contributed by atoms with Gasteiger partial charge >= 0.3 is 0 Å². The molecule has 2 heterocycles. The number of aromatic nitrogens is 2.